The van der Waals surface area contributed by atoms with Crippen molar-refractivity contribution in [1.82, 2.24) is 0 Å². The number of anilines is 1. The first-order valence-corrected chi connectivity index (χ1v) is 5.53. The van der Waals surface area contributed by atoms with Crippen LogP contribution in [0.2, 0.25) is 0 Å². The van der Waals surface area contributed by atoms with E-state index in [9.17, 15) is 4.79 Å². The molecule has 16 heavy (non-hydrogen) atoms. The summed E-state index contributed by atoms with van der Waals surface area (Å²) >= 11 is 0. The van der Waals surface area contributed by atoms with Crippen LogP contribution < -0.4 is 5.32 Å². The van der Waals surface area contributed by atoms with E-state index in [1.807, 2.05) is 30.3 Å². The molecule has 1 aromatic rings. The summed E-state index contributed by atoms with van der Waals surface area (Å²) < 4.78 is 4.78. The van der Waals surface area contributed by atoms with Gasteiger partial charge in [0.2, 0.25) is 0 Å². The van der Waals surface area contributed by atoms with Crippen molar-refractivity contribution in [2.24, 2.45) is 5.92 Å². The van der Waals surface area contributed by atoms with E-state index < -0.39 is 0 Å². The number of ether oxygens (including phenoxy) is 1. The molecule has 0 fully saturated rings. The molecule has 0 spiro atoms. The van der Waals surface area contributed by atoms with Crippen LogP contribution in [-0.4, -0.2) is 19.1 Å². The van der Waals surface area contributed by atoms with Crippen molar-refractivity contribution in [1.29, 1.82) is 0 Å². The Hall–Kier alpha value is -1.51. The SMILES string of the molecule is COC(=O)[C@H](CC(C)C)Nc1ccccc1. The van der Waals surface area contributed by atoms with Crippen LogP contribution in [0.4, 0.5) is 5.69 Å². The normalized spacial score (nSPS) is 12.2. The highest BCUT2D eigenvalue weighted by atomic mass is 16.5. The molecule has 0 aromatic heterocycles. The molecule has 3 heteroatoms. The van der Waals surface area contributed by atoms with E-state index in [0.29, 0.717) is 5.92 Å². The average Bonchev–Trinajstić information content (AvgIpc) is 2.28. The van der Waals surface area contributed by atoms with Gasteiger partial charge >= 0.3 is 5.97 Å². The minimum absolute atomic E-state index is 0.211. The fourth-order valence-corrected chi connectivity index (χ4v) is 1.56. The Balaban J connectivity index is 2.67. The Labute approximate surface area is 96.8 Å². The average molecular weight is 221 g/mol. The highest BCUT2D eigenvalue weighted by Gasteiger charge is 2.19. The maximum atomic E-state index is 11.6. The van der Waals surface area contributed by atoms with Crippen LogP contribution >= 0.6 is 0 Å². The molecule has 1 N–H and O–H groups in total. The molecule has 0 aliphatic carbocycles. The minimum atomic E-state index is -0.271. The number of hydrogen-bond acceptors (Lipinski definition) is 3. The summed E-state index contributed by atoms with van der Waals surface area (Å²) in [7, 11) is 1.42. The Morgan fingerprint density at radius 2 is 1.94 bits per heavy atom. The van der Waals surface area contributed by atoms with Gasteiger partial charge in [-0.15, -0.1) is 0 Å². The van der Waals surface area contributed by atoms with Gasteiger partial charge in [0.1, 0.15) is 6.04 Å². The Kier molecular flexibility index (Phi) is 4.83. The molecule has 1 aromatic carbocycles. The molecular weight excluding hydrogens is 202 g/mol. The largest absolute Gasteiger partial charge is 0.467 e. The molecule has 1 atom stereocenters. The number of nitrogens with one attached hydrogen (secondary N) is 1. The summed E-state index contributed by atoms with van der Waals surface area (Å²) in [6.07, 6.45) is 0.765. The number of carbonyl (C=O) groups is 1. The number of esters is 1. The first-order chi connectivity index (χ1) is 7.63. The second-order valence-electron chi connectivity index (χ2n) is 4.22. The molecule has 0 unspecified atom stereocenters. The first-order valence-electron chi connectivity index (χ1n) is 5.53. The van der Waals surface area contributed by atoms with E-state index in [2.05, 4.69) is 19.2 Å². The number of benzene rings is 1. The van der Waals surface area contributed by atoms with Gasteiger partial charge in [0, 0.05) is 5.69 Å². The second-order valence-corrected chi connectivity index (χ2v) is 4.22. The van der Waals surface area contributed by atoms with Crippen molar-refractivity contribution in [3.63, 3.8) is 0 Å². The zero-order chi connectivity index (χ0) is 12.0. The fraction of sp³-hybridized carbons (Fsp3) is 0.462. The van der Waals surface area contributed by atoms with E-state index in [-0.39, 0.29) is 12.0 Å². The van der Waals surface area contributed by atoms with Crippen molar-refractivity contribution >= 4 is 11.7 Å². The van der Waals surface area contributed by atoms with Gasteiger partial charge in [-0.3, -0.25) is 0 Å². The smallest absolute Gasteiger partial charge is 0.328 e. The molecule has 0 aliphatic rings. The molecule has 0 aliphatic heterocycles. The summed E-state index contributed by atoms with van der Waals surface area (Å²) in [6, 6.07) is 9.43. The van der Waals surface area contributed by atoms with Crippen LogP contribution in [0.3, 0.4) is 0 Å². The predicted octanol–water partition coefficient (Wildman–Crippen LogP) is 2.69. The van der Waals surface area contributed by atoms with E-state index >= 15 is 0 Å². The van der Waals surface area contributed by atoms with Gasteiger partial charge in [-0.05, 0) is 24.5 Å². The first kappa shape index (κ1) is 12.6. The third-order valence-electron chi connectivity index (χ3n) is 2.31. The maximum absolute atomic E-state index is 11.6. The van der Waals surface area contributed by atoms with Crippen molar-refractivity contribution in [2.75, 3.05) is 12.4 Å². The van der Waals surface area contributed by atoms with Crippen molar-refractivity contribution in [2.45, 2.75) is 26.3 Å². The standard InChI is InChI=1S/C13H19NO2/c1-10(2)9-12(13(15)16-3)14-11-7-5-4-6-8-11/h4-8,10,12,14H,9H2,1-3H3/t12-/m0/s1. The monoisotopic (exact) mass is 221 g/mol. The number of para-hydroxylation sites is 1. The highest BCUT2D eigenvalue weighted by molar-refractivity contribution is 5.79. The minimum Gasteiger partial charge on any atom is -0.467 e. The van der Waals surface area contributed by atoms with Crippen LogP contribution in [0.1, 0.15) is 20.3 Å². The van der Waals surface area contributed by atoms with Gasteiger partial charge in [0.25, 0.3) is 0 Å². The lowest BCUT2D eigenvalue weighted by molar-refractivity contribution is -0.141. The molecule has 88 valence electrons. The Bertz CT molecular complexity index is 322. The van der Waals surface area contributed by atoms with Crippen LogP contribution in [0.25, 0.3) is 0 Å². The maximum Gasteiger partial charge on any atom is 0.328 e. The molecule has 0 radical (unpaired) electrons. The molecule has 0 bridgehead atoms. The van der Waals surface area contributed by atoms with Crippen LogP contribution in [0.5, 0.6) is 0 Å². The highest BCUT2D eigenvalue weighted by Crippen LogP contribution is 2.13. The Morgan fingerprint density at radius 3 is 2.44 bits per heavy atom. The number of hydrogen-bond donors (Lipinski definition) is 1. The molecule has 3 nitrogen and oxygen atoms in total. The van der Waals surface area contributed by atoms with E-state index in [1.165, 1.54) is 7.11 Å². The summed E-state index contributed by atoms with van der Waals surface area (Å²) in [5.41, 5.74) is 0.943. The summed E-state index contributed by atoms with van der Waals surface area (Å²) in [4.78, 5) is 11.6. The van der Waals surface area contributed by atoms with Gasteiger partial charge in [-0.2, -0.15) is 0 Å². The van der Waals surface area contributed by atoms with Gasteiger partial charge in [-0.1, -0.05) is 32.0 Å². The van der Waals surface area contributed by atoms with Crippen molar-refractivity contribution in [3.8, 4) is 0 Å². The number of rotatable bonds is 5. The molecule has 0 amide bonds. The van der Waals surface area contributed by atoms with E-state index in [4.69, 9.17) is 4.74 Å². The van der Waals surface area contributed by atoms with Gasteiger partial charge in [0.15, 0.2) is 0 Å². The lowest BCUT2D eigenvalue weighted by Crippen LogP contribution is -2.32. The molecule has 0 saturated carbocycles. The van der Waals surface area contributed by atoms with Crippen molar-refractivity contribution in [3.05, 3.63) is 30.3 Å². The third kappa shape index (κ3) is 3.93. The van der Waals surface area contributed by atoms with E-state index in [1.54, 1.807) is 0 Å². The summed E-state index contributed by atoms with van der Waals surface area (Å²) in [6.45, 7) is 4.17. The zero-order valence-corrected chi connectivity index (χ0v) is 10.1. The summed E-state index contributed by atoms with van der Waals surface area (Å²) in [5.74, 6) is 0.234. The molecule has 0 heterocycles. The lowest BCUT2D eigenvalue weighted by atomic mass is 10.0. The zero-order valence-electron chi connectivity index (χ0n) is 10.1. The fourth-order valence-electron chi connectivity index (χ4n) is 1.56. The van der Waals surface area contributed by atoms with E-state index in [0.717, 1.165) is 12.1 Å². The molecule has 1 rings (SSSR count). The van der Waals surface area contributed by atoms with Gasteiger partial charge < -0.3 is 10.1 Å². The second kappa shape index (κ2) is 6.16. The lowest BCUT2D eigenvalue weighted by Gasteiger charge is -2.19. The quantitative estimate of drug-likeness (QED) is 0.777. The van der Waals surface area contributed by atoms with Crippen LogP contribution in [0, 0.1) is 5.92 Å². The van der Waals surface area contributed by atoms with Crippen LogP contribution in [-0.2, 0) is 9.53 Å². The Morgan fingerprint density at radius 1 is 1.31 bits per heavy atom. The molecular formula is C13H19NO2. The number of carbonyl (C=O) groups excluding carboxylic acids is 1. The topological polar surface area (TPSA) is 38.3 Å². The summed E-state index contributed by atoms with van der Waals surface area (Å²) in [5, 5.41) is 3.19. The van der Waals surface area contributed by atoms with Crippen molar-refractivity contribution < 1.29 is 9.53 Å². The van der Waals surface area contributed by atoms with Gasteiger partial charge in [0.05, 0.1) is 7.11 Å². The molecule has 0 saturated heterocycles. The van der Waals surface area contributed by atoms with Crippen LogP contribution in [0.15, 0.2) is 30.3 Å². The third-order valence-corrected chi connectivity index (χ3v) is 2.31. The predicted molar refractivity (Wildman–Crippen MR) is 65.3 cm³/mol. The number of methoxy groups -OCH3 is 1. The van der Waals surface area contributed by atoms with Gasteiger partial charge in [-0.25, -0.2) is 4.79 Å².